The Hall–Kier alpha value is -3.09. The van der Waals surface area contributed by atoms with Gasteiger partial charge in [0.25, 0.3) is 0 Å². The minimum absolute atomic E-state index is 0.140. The topological polar surface area (TPSA) is 134 Å². The average Bonchev–Trinajstić information content (AvgIpc) is 2.40. The smallest absolute Gasteiger partial charge is 0.339 e. The summed E-state index contributed by atoms with van der Waals surface area (Å²) < 4.78 is 0. The Balaban J connectivity index is 0.000000204. The summed E-state index contributed by atoms with van der Waals surface area (Å²) in [6, 6.07) is 6.96. The van der Waals surface area contributed by atoms with Crippen molar-refractivity contribution in [1.29, 1.82) is 0 Å². The number of carboxylic acid groups (broad SMARTS) is 2. The number of phenols is 1. The first-order valence-electron chi connectivity index (χ1n) is 5.37. The van der Waals surface area contributed by atoms with E-state index in [1.165, 1.54) is 36.7 Å². The first kappa shape index (κ1) is 15.0. The Morgan fingerprint density at radius 2 is 1.80 bits per heavy atom. The van der Waals surface area contributed by atoms with Crippen LogP contribution in [0.2, 0.25) is 0 Å². The molecule has 2 aromatic rings. The summed E-state index contributed by atoms with van der Waals surface area (Å²) in [5.74, 6) is -2.41. The predicted octanol–water partition coefficient (Wildman–Crippen LogP) is 1.45. The highest BCUT2D eigenvalue weighted by Crippen LogP contribution is 2.19. The van der Waals surface area contributed by atoms with Crippen LogP contribution >= 0.6 is 0 Å². The third-order valence-electron chi connectivity index (χ3n) is 2.16. The summed E-state index contributed by atoms with van der Waals surface area (Å²) in [5.41, 5.74) is 5.70. The maximum absolute atomic E-state index is 10.3. The fraction of sp³-hybridized carbons (Fsp3) is 0. The van der Waals surface area contributed by atoms with Crippen molar-refractivity contribution < 1.29 is 24.9 Å². The molecule has 7 heteroatoms. The molecule has 5 N–H and O–H groups in total. The molecule has 0 aliphatic carbocycles. The highest BCUT2D eigenvalue weighted by Gasteiger charge is 2.07. The lowest BCUT2D eigenvalue weighted by Crippen LogP contribution is -1.97. The Kier molecular flexibility index (Phi) is 5.04. The van der Waals surface area contributed by atoms with Crippen molar-refractivity contribution in [3.05, 3.63) is 53.9 Å². The summed E-state index contributed by atoms with van der Waals surface area (Å²) in [6.45, 7) is 0. The third-order valence-corrected chi connectivity index (χ3v) is 2.16. The zero-order valence-electron chi connectivity index (χ0n) is 10.2. The molecule has 0 saturated carbocycles. The maximum atomic E-state index is 10.3. The number of hydrogen-bond donors (Lipinski definition) is 4. The van der Waals surface area contributed by atoms with Gasteiger partial charge in [-0.05, 0) is 24.3 Å². The molecule has 0 bridgehead atoms. The molecular formula is C13H12N2O5. The van der Waals surface area contributed by atoms with Crippen LogP contribution in [0.3, 0.4) is 0 Å². The molecule has 104 valence electrons. The zero-order chi connectivity index (χ0) is 15.1. The van der Waals surface area contributed by atoms with Gasteiger partial charge in [0.05, 0.1) is 5.56 Å². The quantitative estimate of drug-likeness (QED) is 0.610. The van der Waals surface area contributed by atoms with Gasteiger partial charge in [-0.2, -0.15) is 0 Å². The lowest BCUT2D eigenvalue weighted by molar-refractivity contribution is 0.0684. The number of carboxylic acids is 2. The van der Waals surface area contributed by atoms with Gasteiger partial charge in [-0.25, -0.2) is 9.59 Å². The Labute approximate surface area is 113 Å². The number of nitrogen functional groups attached to an aromatic ring is 1. The normalized spacial score (nSPS) is 9.20. The van der Waals surface area contributed by atoms with Crippen LogP contribution < -0.4 is 5.73 Å². The molecule has 0 fully saturated rings. The van der Waals surface area contributed by atoms with E-state index in [2.05, 4.69) is 4.98 Å². The number of hydrogen-bond acceptors (Lipinski definition) is 5. The monoisotopic (exact) mass is 276 g/mol. The van der Waals surface area contributed by atoms with E-state index in [0.29, 0.717) is 5.69 Å². The van der Waals surface area contributed by atoms with Gasteiger partial charge in [-0.15, -0.1) is 0 Å². The summed E-state index contributed by atoms with van der Waals surface area (Å²) in [4.78, 5) is 24.1. The van der Waals surface area contributed by atoms with Crippen molar-refractivity contribution in [2.75, 3.05) is 5.73 Å². The molecule has 1 aromatic carbocycles. The van der Waals surface area contributed by atoms with Crippen LogP contribution in [0.15, 0.2) is 42.7 Å². The number of benzene rings is 1. The van der Waals surface area contributed by atoms with E-state index < -0.39 is 11.9 Å². The average molecular weight is 276 g/mol. The van der Waals surface area contributed by atoms with E-state index in [1.54, 1.807) is 6.07 Å². The van der Waals surface area contributed by atoms with Crippen LogP contribution in [0.25, 0.3) is 0 Å². The Morgan fingerprint density at radius 1 is 1.10 bits per heavy atom. The fourth-order valence-corrected chi connectivity index (χ4v) is 1.22. The molecule has 2 rings (SSSR count). The van der Waals surface area contributed by atoms with Crippen molar-refractivity contribution in [3.63, 3.8) is 0 Å². The van der Waals surface area contributed by atoms with E-state index in [9.17, 15) is 9.59 Å². The van der Waals surface area contributed by atoms with Crippen LogP contribution in [0, 0.1) is 0 Å². The second-order valence-electron chi connectivity index (χ2n) is 3.63. The Bertz CT molecular complexity index is 613. The molecule has 1 heterocycles. The number of aromatic hydroxyl groups is 1. The second-order valence-corrected chi connectivity index (χ2v) is 3.63. The number of nitrogens with zero attached hydrogens (tertiary/aromatic N) is 1. The lowest BCUT2D eigenvalue weighted by atomic mass is 10.2. The summed E-state index contributed by atoms with van der Waals surface area (Å²) >= 11 is 0. The van der Waals surface area contributed by atoms with Crippen molar-refractivity contribution in [3.8, 4) is 5.75 Å². The van der Waals surface area contributed by atoms with E-state index in [-0.39, 0.29) is 16.9 Å². The molecule has 1 aromatic heterocycles. The summed E-state index contributed by atoms with van der Waals surface area (Å²) in [6.07, 6.45) is 2.84. The standard InChI is InChI=1S/C7H7NO3.C6H5NO2/c8-4-1-2-5(7(10)11)6(9)3-4;8-6(9)5-2-1-3-7-4-5/h1-3,9H,8H2,(H,10,11);1-4H,(H,8,9). The fourth-order valence-electron chi connectivity index (χ4n) is 1.22. The van der Waals surface area contributed by atoms with Crippen molar-refractivity contribution in [2.45, 2.75) is 0 Å². The minimum Gasteiger partial charge on any atom is -0.507 e. The molecule has 0 aliphatic rings. The molecule has 7 nitrogen and oxygen atoms in total. The molecule has 0 aliphatic heterocycles. The molecule has 0 radical (unpaired) electrons. The largest absolute Gasteiger partial charge is 0.507 e. The lowest BCUT2D eigenvalue weighted by Gasteiger charge is -1.98. The summed E-state index contributed by atoms with van der Waals surface area (Å²) in [5, 5.41) is 25.8. The maximum Gasteiger partial charge on any atom is 0.339 e. The molecule has 0 spiro atoms. The second kappa shape index (κ2) is 6.74. The van der Waals surface area contributed by atoms with Gasteiger partial charge in [0.15, 0.2) is 0 Å². The first-order valence-corrected chi connectivity index (χ1v) is 5.37. The van der Waals surface area contributed by atoms with Crippen molar-refractivity contribution in [1.82, 2.24) is 4.98 Å². The molecule has 0 atom stereocenters. The van der Waals surface area contributed by atoms with Gasteiger partial charge in [-0.1, -0.05) is 0 Å². The van der Waals surface area contributed by atoms with Gasteiger partial charge < -0.3 is 21.1 Å². The van der Waals surface area contributed by atoms with Gasteiger partial charge in [0.2, 0.25) is 0 Å². The highest BCUT2D eigenvalue weighted by molar-refractivity contribution is 5.91. The first-order chi connectivity index (χ1) is 9.41. The molecule has 0 unspecified atom stereocenters. The van der Waals surface area contributed by atoms with Crippen LogP contribution in [0.1, 0.15) is 20.7 Å². The van der Waals surface area contributed by atoms with Crippen LogP contribution in [0.4, 0.5) is 5.69 Å². The number of anilines is 1. The van der Waals surface area contributed by atoms with E-state index in [1.807, 2.05) is 0 Å². The van der Waals surface area contributed by atoms with Gasteiger partial charge in [0, 0.05) is 24.1 Å². The van der Waals surface area contributed by atoms with Gasteiger partial charge in [-0.3, -0.25) is 4.98 Å². The zero-order valence-corrected chi connectivity index (χ0v) is 10.2. The third kappa shape index (κ3) is 4.30. The molecule has 20 heavy (non-hydrogen) atoms. The predicted molar refractivity (Wildman–Crippen MR) is 70.7 cm³/mol. The van der Waals surface area contributed by atoms with E-state index >= 15 is 0 Å². The van der Waals surface area contributed by atoms with Crippen molar-refractivity contribution >= 4 is 17.6 Å². The molecular weight excluding hydrogens is 264 g/mol. The number of nitrogens with two attached hydrogens (primary N) is 1. The van der Waals surface area contributed by atoms with E-state index in [4.69, 9.17) is 21.1 Å². The number of rotatable bonds is 2. The number of aromatic carboxylic acids is 2. The van der Waals surface area contributed by atoms with Crippen LogP contribution in [0.5, 0.6) is 5.75 Å². The highest BCUT2D eigenvalue weighted by atomic mass is 16.4. The minimum atomic E-state index is -1.16. The number of aromatic nitrogens is 1. The SMILES string of the molecule is Nc1ccc(C(=O)O)c(O)c1.O=C(O)c1cccnc1. The molecule has 0 amide bonds. The van der Waals surface area contributed by atoms with Gasteiger partial charge in [0.1, 0.15) is 11.3 Å². The van der Waals surface area contributed by atoms with E-state index in [0.717, 1.165) is 0 Å². The number of pyridine rings is 1. The van der Waals surface area contributed by atoms with Gasteiger partial charge >= 0.3 is 11.9 Å². The van der Waals surface area contributed by atoms with Crippen LogP contribution in [-0.4, -0.2) is 32.2 Å². The summed E-state index contributed by atoms with van der Waals surface area (Å²) in [7, 11) is 0. The number of carbonyl (C=O) groups is 2. The molecule has 0 saturated heterocycles. The van der Waals surface area contributed by atoms with Crippen LogP contribution in [-0.2, 0) is 0 Å². The van der Waals surface area contributed by atoms with Crippen molar-refractivity contribution in [2.24, 2.45) is 0 Å². The Morgan fingerprint density at radius 3 is 2.20 bits per heavy atom.